The summed E-state index contributed by atoms with van der Waals surface area (Å²) in [6.45, 7) is 0.541. The van der Waals surface area contributed by atoms with E-state index in [0.29, 0.717) is 30.8 Å². The van der Waals surface area contributed by atoms with Crippen molar-refractivity contribution in [2.45, 2.75) is 24.9 Å². The Morgan fingerprint density at radius 3 is 2.30 bits per heavy atom. The van der Waals surface area contributed by atoms with Crippen LogP contribution in [0.15, 0.2) is 41.0 Å². The van der Waals surface area contributed by atoms with Gasteiger partial charge in [0.1, 0.15) is 11.5 Å². The Balaban J connectivity index is 2.43. The molecule has 1 N–H and O–H groups in total. The molecule has 0 aromatic heterocycles. The van der Waals surface area contributed by atoms with Crippen molar-refractivity contribution < 1.29 is 26.7 Å². The van der Waals surface area contributed by atoms with Crippen LogP contribution in [0.25, 0.3) is 0 Å². The summed E-state index contributed by atoms with van der Waals surface area (Å²) in [7, 11) is 1.41. The van der Waals surface area contributed by atoms with Gasteiger partial charge in [-0.2, -0.15) is 22.0 Å². The SMILES string of the molecule is COc1ccc(N=C(/C=C2/CCCN2)C(F)(F)C(F)(F)F)cc1. The van der Waals surface area contributed by atoms with E-state index in [-0.39, 0.29) is 5.69 Å². The van der Waals surface area contributed by atoms with Crippen molar-refractivity contribution in [2.24, 2.45) is 4.99 Å². The number of nitrogens with zero attached hydrogens (tertiary/aromatic N) is 1. The zero-order valence-corrected chi connectivity index (χ0v) is 12.3. The van der Waals surface area contributed by atoms with Crippen molar-refractivity contribution in [1.29, 1.82) is 0 Å². The first kappa shape index (κ1) is 17.2. The van der Waals surface area contributed by atoms with Crippen LogP contribution in [0.5, 0.6) is 5.75 Å². The summed E-state index contributed by atoms with van der Waals surface area (Å²) in [5, 5.41) is 2.77. The van der Waals surface area contributed by atoms with E-state index in [1.165, 1.54) is 31.4 Å². The largest absolute Gasteiger partial charge is 0.497 e. The van der Waals surface area contributed by atoms with Gasteiger partial charge in [-0.1, -0.05) is 0 Å². The number of rotatable bonds is 4. The molecular formula is C15H15F5N2O. The lowest BCUT2D eigenvalue weighted by atomic mass is 10.1. The fourth-order valence-electron chi connectivity index (χ4n) is 2.04. The van der Waals surface area contributed by atoms with Crippen molar-refractivity contribution in [3.63, 3.8) is 0 Å². The van der Waals surface area contributed by atoms with Crippen LogP contribution in [-0.4, -0.2) is 31.5 Å². The van der Waals surface area contributed by atoms with Crippen LogP contribution in [0, 0.1) is 0 Å². The number of methoxy groups -OCH3 is 1. The minimum absolute atomic E-state index is 0.0143. The van der Waals surface area contributed by atoms with Gasteiger partial charge in [0.15, 0.2) is 0 Å². The average molecular weight is 334 g/mol. The lowest BCUT2D eigenvalue weighted by Gasteiger charge is -2.20. The second kappa shape index (κ2) is 6.55. The standard InChI is InChI=1S/C15H15F5N2O/c1-23-12-6-4-10(5-7-12)22-13(9-11-3-2-8-21-11)14(16,17)15(18,19)20/h4-7,9,21H,2-3,8H2,1H3/b11-9-,22-13?. The number of alkyl halides is 5. The molecule has 23 heavy (non-hydrogen) atoms. The van der Waals surface area contributed by atoms with Gasteiger partial charge in [-0.15, -0.1) is 0 Å². The summed E-state index contributed by atoms with van der Waals surface area (Å²) >= 11 is 0. The maximum Gasteiger partial charge on any atom is 0.459 e. The van der Waals surface area contributed by atoms with Gasteiger partial charge in [-0.3, -0.25) is 0 Å². The number of benzene rings is 1. The monoisotopic (exact) mass is 334 g/mol. The van der Waals surface area contributed by atoms with Gasteiger partial charge in [0.2, 0.25) is 0 Å². The van der Waals surface area contributed by atoms with Crippen LogP contribution in [0.2, 0.25) is 0 Å². The fourth-order valence-corrected chi connectivity index (χ4v) is 2.04. The van der Waals surface area contributed by atoms with Gasteiger partial charge in [0.25, 0.3) is 0 Å². The molecule has 0 radical (unpaired) electrons. The Morgan fingerprint density at radius 1 is 1.17 bits per heavy atom. The molecule has 126 valence electrons. The highest BCUT2D eigenvalue weighted by Gasteiger charge is 2.60. The van der Waals surface area contributed by atoms with E-state index in [2.05, 4.69) is 10.3 Å². The first-order valence-electron chi connectivity index (χ1n) is 6.86. The predicted molar refractivity (Wildman–Crippen MR) is 76.4 cm³/mol. The van der Waals surface area contributed by atoms with Crippen LogP contribution in [-0.2, 0) is 0 Å². The molecule has 1 aliphatic rings. The third kappa shape index (κ3) is 4.00. The second-order valence-corrected chi connectivity index (χ2v) is 4.97. The Hall–Kier alpha value is -2.12. The van der Waals surface area contributed by atoms with Gasteiger partial charge in [0.05, 0.1) is 12.8 Å². The summed E-state index contributed by atoms with van der Waals surface area (Å²) in [5.74, 6) is -4.59. The Kier molecular flexibility index (Phi) is 4.91. The Bertz CT molecular complexity index is 597. The molecule has 0 atom stereocenters. The highest BCUT2D eigenvalue weighted by atomic mass is 19.4. The van der Waals surface area contributed by atoms with Crippen LogP contribution >= 0.6 is 0 Å². The lowest BCUT2D eigenvalue weighted by molar-refractivity contribution is -0.248. The van der Waals surface area contributed by atoms with E-state index in [1.54, 1.807) is 0 Å². The molecule has 0 bridgehead atoms. The summed E-state index contributed by atoms with van der Waals surface area (Å²) in [5.41, 5.74) is -1.03. The van der Waals surface area contributed by atoms with Crippen molar-refractivity contribution in [3.05, 3.63) is 36.0 Å². The molecule has 1 aromatic carbocycles. The topological polar surface area (TPSA) is 33.6 Å². The normalized spacial score (nSPS) is 18.2. The molecule has 0 spiro atoms. The summed E-state index contributed by atoms with van der Waals surface area (Å²) in [4.78, 5) is 3.51. The van der Waals surface area contributed by atoms with Gasteiger partial charge >= 0.3 is 12.1 Å². The first-order valence-corrected chi connectivity index (χ1v) is 6.86. The average Bonchev–Trinajstić information content (AvgIpc) is 2.99. The molecule has 0 amide bonds. The minimum atomic E-state index is -5.71. The van der Waals surface area contributed by atoms with E-state index in [1.807, 2.05) is 0 Å². The number of hydrogen-bond donors (Lipinski definition) is 1. The zero-order valence-electron chi connectivity index (χ0n) is 12.3. The third-order valence-electron chi connectivity index (χ3n) is 3.29. The molecule has 1 heterocycles. The minimum Gasteiger partial charge on any atom is -0.497 e. The van der Waals surface area contributed by atoms with Crippen LogP contribution < -0.4 is 10.1 Å². The van der Waals surface area contributed by atoms with Crippen molar-refractivity contribution in [2.75, 3.05) is 13.7 Å². The van der Waals surface area contributed by atoms with Gasteiger partial charge in [-0.25, -0.2) is 4.99 Å². The molecular weight excluding hydrogens is 319 g/mol. The fraction of sp³-hybridized carbons (Fsp3) is 0.400. The van der Waals surface area contributed by atoms with Crippen molar-refractivity contribution >= 4 is 11.4 Å². The van der Waals surface area contributed by atoms with Gasteiger partial charge in [-0.05, 0) is 43.2 Å². The number of hydrogen-bond acceptors (Lipinski definition) is 3. The second-order valence-electron chi connectivity index (χ2n) is 4.97. The van der Waals surface area contributed by atoms with E-state index in [4.69, 9.17) is 4.74 Å². The highest BCUT2D eigenvalue weighted by Crippen LogP contribution is 2.38. The summed E-state index contributed by atoms with van der Waals surface area (Å²) in [6.07, 6.45) is -3.84. The maximum atomic E-state index is 13.7. The third-order valence-corrected chi connectivity index (χ3v) is 3.29. The van der Waals surface area contributed by atoms with Crippen LogP contribution in [0.4, 0.5) is 27.6 Å². The maximum absolute atomic E-state index is 13.7. The smallest absolute Gasteiger partial charge is 0.459 e. The summed E-state index contributed by atoms with van der Waals surface area (Å²) in [6, 6.07) is 5.49. The number of halogens is 5. The molecule has 2 rings (SSSR count). The Morgan fingerprint density at radius 2 is 1.83 bits per heavy atom. The van der Waals surface area contributed by atoms with Gasteiger partial charge < -0.3 is 10.1 Å². The number of ether oxygens (including phenoxy) is 1. The molecule has 1 fully saturated rings. The Labute approximate surface area is 129 Å². The first-order chi connectivity index (χ1) is 10.7. The van der Waals surface area contributed by atoms with Crippen molar-refractivity contribution in [1.82, 2.24) is 5.32 Å². The highest BCUT2D eigenvalue weighted by molar-refractivity contribution is 6.03. The lowest BCUT2D eigenvalue weighted by Crippen LogP contribution is -2.43. The quantitative estimate of drug-likeness (QED) is 0.660. The number of aliphatic imine (C=N–C) groups is 1. The molecule has 3 nitrogen and oxygen atoms in total. The van der Waals surface area contributed by atoms with E-state index < -0.39 is 17.8 Å². The van der Waals surface area contributed by atoms with Crippen LogP contribution in [0.3, 0.4) is 0 Å². The predicted octanol–water partition coefficient (Wildman–Crippen LogP) is 4.23. The van der Waals surface area contributed by atoms with Gasteiger partial charge in [0, 0.05) is 12.2 Å². The molecule has 1 aliphatic heterocycles. The molecule has 8 heteroatoms. The summed E-state index contributed by atoms with van der Waals surface area (Å²) < 4.78 is 70.4. The molecule has 1 aromatic rings. The molecule has 0 saturated carbocycles. The molecule has 0 aliphatic carbocycles. The van der Waals surface area contributed by atoms with E-state index >= 15 is 0 Å². The number of nitrogens with one attached hydrogen (secondary N) is 1. The number of allylic oxidation sites excluding steroid dienone is 2. The van der Waals surface area contributed by atoms with E-state index in [9.17, 15) is 22.0 Å². The van der Waals surface area contributed by atoms with Crippen molar-refractivity contribution in [3.8, 4) is 5.75 Å². The zero-order chi connectivity index (χ0) is 17.1. The molecule has 1 saturated heterocycles. The van der Waals surface area contributed by atoms with E-state index in [0.717, 1.165) is 6.08 Å². The molecule has 0 unspecified atom stereocenters. The van der Waals surface area contributed by atoms with Crippen LogP contribution in [0.1, 0.15) is 12.8 Å².